The normalized spacial score (nSPS) is 23.2. The van der Waals surface area contributed by atoms with Crippen LogP contribution in [0.25, 0.3) is 0 Å². The van der Waals surface area contributed by atoms with Gasteiger partial charge in [0.15, 0.2) is 0 Å². The summed E-state index contributed by atoms with van der Waals surface area (Å²) in [6.07, 6.45) is 4.53. The van der Waals surface area contributed by atoms with E-state index in [-0.39, 0.29) is 12.0 Å². The van der Waals surface area contributed by atoms with E-state index >= 15 is 0 Å². The first-order valence-corrected chi connectivity index (χ1v) is 12.2. The molecule has 3 aliphatic heterocycles. The second-order valence-corrected chi connectivity index (χ2v) is 9.36. The second-order valence-electron chi connectivity index (χ2n) is 9.36. The Bertz CT molecular complexity index is 1010. The zero-order chi connectivity index (χ0) is 23.4. The van der Waals surface area contributed by atoms with E-state index in [1.807, 2.05) is 34.1 Å². The summed E-state index contributed by atoms with van der Waals surface area (Å²) >= 11 is 0. The number of nitrogens with zero attached hydrogens (tertiary/aromatic N) is 4. The molecule has 0 aliphatic carbocycles. The van der Waals surface area contributed by atoms with Crippen molar-refractivity contribution in [2.24, 2.45) is 0 Å². The third-order valence-corrected chi connectivity index (χ3v) is 7.07. The minimum atomic E-state index is -0.500. The Balaban J connectivity index is 1.20. The smallest absolute Gasteiger partial charge is 0.410 e. The predicted molar refractivity (Wildman–Crippen MR) is 128 cm³/mol. The Hall–Kier alpha value is -3.13. The predicted octanol–water partition coefficient (Wildman–Crippen LogP) is 2.98. The number of benzene rings is 1. The number of carbonyl (C=O) groups is 2. The summed E-state index contributed by atoms with van der Waals surface area (Å²) in [4.78, 5) is 36.3. The van der Waals surface area contributed by atoms with Gasteiger partial charge in [-0.25, -0.2) is 9.78 Å². The van der Waals surface area contributed by atoms with Crippen molar-refractivity contribution in [3.05, 3.63) is 59.8 Å². The van der Waals surface area contributed by atoms with Gasteiger partial charge in [0.25, 0.3) is 5.91 Å². The molecule has 1 spiro atoms. The number of hydrogen-bond donors (Lipinski definition) is 0. The zero-order valence-electron chi connectivity index (χ0n) is 19.5. The molecule has 0 bridgehead atoms. The molecular weight excluding hydrogens is 432 g/mol. The summed E-state index contributed by atoms with van der Waals surface area (Å²) < 4.78 is 11.3. The fourth-order valence-electron chi connectivity index (χ4n) is 5.10. The molecule has 1 aromatic carbocycles. The Morgan fingerprint density at radius 1 is 1.03 bits per heavy atom. The van der Waals surface area contributed by atoms with Gasteiger partial charge in [-0.1, -0.05) is 30.3 Å². The van der Waals surface area contributed by atoms with Gasteiger partial charge >= 0.3 is 6.09 Å². The van der Waals surface area contributed by atoms with Crippen LogP contribution in [0.3, 0.4) is 0 Å². The number of morpholine rings is 1. The Morgan fingerprint density at radius 3 is 2.68 bits per heavy atom. The van der Waals surface area contributed by atoms with Crippen molar-refractivity contribution >= 4 is 17.8 Å². The van der Waals surface area contributed by atoms with Crippen molar-refractivity contribution in [1.82, 2.24) is 14.8 Å². The van der Waals surface area contributed by atoms with Crippen molar-refractivity contribution in [2.75, 3.05) is 57.4 Å². The summed E-state index contributed by atoms with van der Waals surface area (Å²) in [6, 6.07) is 13.9. The number of hydrogen-bond acceptors (Lipinski definition) is 6. The van der Waals surface area contributed by atoms with Crippen molar-refractivity contribution in [2.45, 2.75) is 31.3 Å². The van der Waals surface area contributed by atoms with Gasteiger partial charge in [0.1, 0.15) is 11.4 Å². The summed E-state index contributed by atoms with van der Waals surface area (Å²) in [5, 5.41) is 0. The molecule has 1 atom stereocenters. The lowest BCUT2D eigenvalue weighted by molar-refractivity contribution is 0.0438. The topological polar surface area (TPSA) is 75.2 Å². The summed E-state index contributed by atoms with van der Waals surface area (Å²) in [6.45, 7) is 5.40. The van der Waals surface area contributed by atoms with E-state index in [4.69, 9.17) is 9.47 Å². The summed E-state index contributed by atoms with van der Waals surface area (Å²) in [7, 11) is 0. The van der Waals surface area contributed by atoms with E-state index in [0.29, 0.717) is 51.4 Å². The standard InChI is InChI=1S/C26H32N4O4/c31-24(22-7-11-27-23(19-22)28-15-17-33-18-16-28)29-12-4-9-26(10-14-29)20-30(25(32)34-26)13-8-21-5-2-1-3-6-21/h1-3,5-7,11,19H,4,8-10,12-18,20H2. The molecule has 180 valence electrons. The number of likely N-dealkylation sites (tertiary alicyclic amines) is 1. The Labute approximate surface area is 200 Å². The quantitative estimate of drug-likeness (QED) is 0.677. The number of amides is 2. The molecule has 3 aliphatic rings. The van der Waals surface area contributed by atoms with Crippen LogP contribution in [0.2, 0.25) is 0 Å². The maximum atomic E-state index is 13.3. The van der Waals surface area contributed by atoms with Gasteiger partial charge in [0.05, 0.1) is 19.8 Å². The summed E-state index contributed by atoms with van der Waals surface area (Å²) in [5.74, 6) is 0.832. The van der Waals surface area contributed by atoms with Gasteiger partial charge in [0, 0.05) is 50.9 Å². The van der Waals surface area contributed by atoms with E-state index in [1.54, 1.807) is 12.3 Å². The van der Waals surface area contributed by atoms with E-state index < -0.39 is 5.60 Å². The van der Waals surface area contributed by atoms with E-state index in [2.05, 4.69) is 22.0 Å². The SMILES string of the molecule is O=C1OC2(CCCN(C(=O)c3ccnc(N4CCOCC4)c3)CC2)CN1CCc1ccccc1. The average molecular weight is 465 g/mol. The van der Waals surface area contributed by atoms with Crippen molar-refractivity contribution in [3.63, 3.8) is 0 Å². The van der Waals surface area contributed by atoms with Crippen LogP contribution in [0, 0.1) is 0 Å². The minimum Gasteiger partial charge on any atom is -0.441 e. The van der Waals surface area contributed by atoms with Crippen LogP contribution in [0.4, 0.5) is 10.6 Å². The molecule has 2 amide bonds. The van der Waals surface area contributed by atoms with Crippen LogP contribution in [0.15, 0.2) is 48.7 Å². The first-order valence-electron chi connectivity index (χ1n) is 12.2. The van der Waals surface area contributed by atoms with Crippen molar-refractivity contribution < 1.29 is 19.1 Å². The highest BCUT2D eigenvalue weighted by atomic mass is 16.6. The molecule has 0 N–H and O–H groups in total. The molecule has 8 nitrogen and oxygen atoms in total. The van der Waals surface area contributed by atoms with E-state index in [1.165, 1.54) is 5.56 Å². The molecule has 8 heteroatoms. The van der Waals surface area contributed by atoms with E-state index in [9.17, 15) is 9.59 Å². The maximum absolute atomic E-state index is 13.3. The molecule has 0 radical (unpaired) electrons. The van der Waals surface area contributed by atoms with Gasteiger partial charge in [-0.15, -0.1) is 0 Å². The number of carbonyl (C=O) groups excluding carboxylic acids is 2. The number of pyridine rings is 1. The first kappa shape index (κ1) is 22.7. The third kappa shape index (κ3) is 5.01. The molecule has 3 fully saturated rings. The highest BCUT2D eigenvalue weighted by Crippen LogP contribution is 2.34. The summed E-state index contributed by atoms with van der Waals surface area (Å²) in [5.41, 5.74) is 1.36. The fraction of sp³-hybridized carbons (Fsp3) is 0.500. The van der Waals surface area contributed by atoms with Crippen LogP contribution < -0.4 is 4.90 Å². The van der Waals surface area contributed by atoms with Gasteiger partial charge in [-0.3, -0.25) is 4.79 Å². The molecule has 0 saturated carbocycles. The van der Waals surface area contributed by atoms with Gasteiger partial charge in [0.2, 0.25) is 0 Å². The number of anilines is 1. The lowest BCUT2D eigenvalue weighted by Gasteiger charge is -2.28. The van der Waals surface area contributed by atoms with Crippen LogP contribution in [0.1, 0.15) is 35.2 Å². The number of ether oxygens (including phenoxy) is 2. The molecule has 1 aromatic heterocycles. The lowest BCUT2D eigenvalue weighted by atomic mass is 9.95. The Morgan fingerprint density at radius 2 is 1.85 bits per heavy atom. The lowest BCUT2D eigenvalue weighted by Crippen LogP contribution is -2.38. The minimum absolute atomic E-state index is 0.0132. The molecule has 3 saturated heterocycles. The van der Waals surface area contributed by atoms with Crippen LogP contribution in [-0.4, -0.2) is 84.9 Å². The first-order chi connectivity index (χ1) is 16.6. The Kier molecular flexibility index (Phi) is 6.67. The maximum Gasteiger partial charge on any atom is 0.410 e. The van der Waals surface area contributed by atoms with E-state index in [0.717, 1.165) is 38.2 Å². The number of rotatable bonds is 5. The molecule has 1 unspecified atom stereocenters. The highest BCUT2D eigenvalue weighted by molar-refractivity contribution is 5.95. The molecule has 34 heavy (non-hydrogen) atoms. The van der Waals surface area contributed by atoms with Crippen molar-refractivity contribution in [3.8, 4) is 0 Å². The molecule has 2 aromatic rings. The van der Waals surface area contributed by atoms with Crippen LogP contribution in [0.5, 0.6) is 0 Å². The average Bonchev–Trinajstić information content (AvgIpc) is 3.05. The fourth-order valence-corrected chi connectivity index (χ4v) is 5.10. The highest BCUT2D eigenvalue weighted by Gasteiger charge is 2.46. The van der Waals surface area contributed by atoms with Crippen molar-refractivity contribution in [1.29, 1.82) is 0 Å². The van der Waals surface area contributed by atoms with Gasteiger partial charge < -0.3 is 24.2 Å². The van der Waals surface area contributed by atoms with Gasteiger partial charge in [-0.2, -0.15) is 0 Å². The number of aromatic nitrogens is 1. The molecular formula is C26H32N4O4. The second kappa shape index (κ2) is 10.0. The largest absolute Gasteiger partial charge is 0.441 e. The zero-order valence-corrected chi connectivity index (χ0v) is 19.5. The molecule has 4 heterocycles. The third-order valence-electron chi connectivity index (χ3n) is 7.07. The monoisotopic (exact) mass is 464 g/mol. The molecule has 5 rings (SSSR count). The van der Waals surface area contributed by atoms with Crippen LogP contribution in [-0.2, 0) is 15.9 Å². The van der Waals surface area contributed by atoms with Gasteiger partial charge in [-0.05, 0) is 37.0 Å². The van der Waals surface area contributed by atoms with Crippen LogP contribution >= 0.6 is 0 Å².